The summed E-state index contributed by atoms with van der Waals surface area (Å²) in [6, 6.07) is 6.21. The first-order valence-corrected chi connectivity index (χ1v) is 7.22. The van der Waals surface area contributed by atoms with Crippen LogP contribution in [0, 0.1) is 6.92 Å². The molecule has 1 atom stereocenters. The molecular weight excluding hydrogens is 268 g/mol. The van der Waals surface area contributed by atoms with Gasteiger partial charge in [-0.3, -0.25) is 9.69 Å². The van der Waals surface area contributed by atoms with Crippen LogP contribution in [0.2, 0.25) is 0 Å². The van der Waals surface area contributed by atoms with Crippen LogP contribution in [0.4, 0.5) is 5.82 Å². The molecule has 0 saturated carbocycles. The van der Waals surface area contributed by atoms with Crippen molar-refractivity contribution >= 4 is 11.7 Å². The summed E-state index contributed by atoms with van der Waals surface area (Å²) >= 11 is 0. The van der Waals surface area contributed by atoms with Crippen LogP contribution in [-0.2, 0) is 11.8 Å². The van der Waals surface area contributed by atoms with E-state index in [-0.39, 0.29) is 5.91 Å². The van der Waals surface area contributed by atoms with Crippen molar-refractivity contribution in [2.45, 2.75) is 25.8 Å². The zero-order valence-corrected chi connectivity index (χ0v) is 12.4. The number of rotatable bonds is 4. The number of likely N-dealkylation sites (tertiary alicyclic amines) is 1. The van der Waals surface area contributed by atoms with Crippen molar-refractivity contribution in [1.82, 2.24) is 14.6 Å². The Morgan fingerprint density at radius 1 is 1.57 bits per heavy atom. The fourth-order valence-electron chi connectivity index (χ4n) is 2.96. The summed E-state index contributed by atoms with van der Waals surface area (Å²) in [4.78, 5) is 14.4. The average molecular weight is 288 g/mol. The smallest absolute Gasteiger partial charge is 0.239 e. The molecule has 2 aromatic rings. The van der Waals surface area contributed by atoms with Gasteiger partial charge in [-0.25, -0.2) is 0 Å². The summed E-state index contributed by atoms with van der Waals surface area (Å²) in [5, 5.41) is 6.56. The molecule has 1 saturated heterocycles. The molecule has 0 unspecified atom stereocenters. The summed E-state index contributed by atoms with van der Waals surface area (Å²) in [6.45, 7) is 3.12. The molecule has 6 heteroatoms. The zero-order valence-electron chi connectivity index (χ0n) is 12.4. The quantitative estimate of drug-likeness (QED) is 0.935. The van der Waals surface area contributed by atoms with Crippen molar-refractivity contribution in [3.05, 3.63) is 35.9 Å². The molecule has 3 heterocycles. The molecule has 2 aromatic heterocycles. The maximum atomic E-state index is 12.1. The fourth-order valence-corrected chi connectivity index (χ4v) is 2.96. The fraction of sp³-hybridized carbons (Fsp3) is 0.467. The molecule has 21 heavy (non-hydrogen) atoms. The molecule has 1 aliphatic rings. The third-order valence-corrected chi connectivity index (χ3v) is 3.93. The molecule has 0 radical (unpaired) electrons. The van der Waals surface area contributed by atoms with Crippen molar-refractivity contribution in [2.75, 3.05) is 18.4 Å². The number of aryl methyl sites for hydroxylation is 2. The Balaban J connectivity index is 1.63. The highest BCUT2D eigenvalue weighted by molar-refractivity contribution is 5.91. The lowest BCUT2D eigenvalue weighted by Gasteiger charge is -2.24. The van der Waals surface area contributed by atoms with Crippen molar-refractivity contribution in [2.24, 2.45) is 7.05 Å². The second-order valence-corrected chi connectivity index (χ2v) is 5.54. The molecule has 112 valence electrons. The van der Waals surface area contributed by atoms with Crippen LogP contribution in [0.15, 0.2) is 28.9 Å². The van der Waals surface area contributed by atoms with Crippen molar-refractivity contribution in [3.63, 3.8) is 0 Å². The summed E-state index contributed by atoms with van der Waals surface area (Å²) in [6.07, 6.45) is 4.25. The first-order valence-electron chi connectivity index (χ1n) is 7.22. The van der Waals surface area contributed by atoms with Crippen LogP contribution in [0.3, 0.4) is 0 Å². The van der Waals surface area contributed by atoms with Crippen molar-refractivity contribution < 1.29 is 9.32 Å². The SMILES string of the molecule is Cc1cc(NC(=O)CN2CCC[C@@H]2c2cccn2C)no1. The maximum Gasteiger partial charge on any atom is 0.239 e. The van der Waals surface area contributed by atoms with E-state index in [0.29, 0.717) is 24.2 Å². The Bertz CT molecular complexity index is 631. The van der Waals surface area contributed by atoms with Crippen LogP contribution in [-0.4, -0.2) is 33.6 Å². The number of hydrogen-bond donors (Lipinski definition) is 1. The maximum absolute atomic E-state index is 12.1. The molecule has 1 fully saturated rings. The van der Waals surface area contributed by atoms with Crippen LogP contribution >= 0.6 is 0 Å². The summed E-state index contributed by atoms with van der Waals surface area (Å²) in [7, 11) is 2.05. The van der Waals surface area contributed by atoms with Crippen molar-refractivity contribution in [1.29, 1.82) is 0 Å². The Hall–Kier alpha value is -2.08. The average Bonchev–Trinajstić information content (AvgIpc) is 3.12. The standard InChI is InChI=1S/C15H20N4O2/c1-11-9-14(17-21-11)16-15(20)10-19-8-4-6-13(19)12-5-3-7-18(12)2/h3,5,7,9,13H,4,6,8,10H2,1-2H3,(H,16,17,20)/t13-/m1/s1. The van der Waals surface area contributed by atoms with E-state index in [1.54, 1.807) is 13.0 Å². The van der Waals surface area contributed by atoms with E-state index in [4.69, 9.17) is 4.52 Å². The first kappa shape index (κ1) is 13.9. The van der Waals surface area contributed by atoms with Gasteiger partial charge in [0.15, 0.2) is 5.82 Å². The van der Waals surface area contributed by atoms with Crippen molar-refractivity contribution in [3.8, 4) is 0 Å². The molecule has 1 N–H and O–H groups in total. The molecular formula is C15H20N4O2. The van der Waals surface area contributed by atoms with Gasteiger partial charge in [0.1, 0.15) is 5.76 Å². The number of nitrogens with zero attached hydrogens (tertiary/aromatic N) is 3. The van der Waals surface area contributed by atoms with Gasteiger partial charge in [0.25, 0.3) is 0 Å². The minimum Gasteiger partial charge on any atom is -0.360 e. The minimum absolute atomic E-state index is 0.0515. The second kappa shape index (κ2) is 5.73. The van der Waals surface area contributed by atoms with E-state index in [1.807, 2.05) is 19.3 Å². The Labute approximate surface area is 123 Å². The van der Waals surface area contributed by atoms with Crippen LogP contribution < -0.4 is 5.32 Å². The lowest BCUT2D eigenvalue weighted by Crippen LogP contribution is -2.33. The van der Waals surface area contributed by atoms with Crippen LogP contribution in [0.25, 0.3) is 0 Å². The van der Waals surface area contributed by atoms with Gasteiger partial charge in [0, 0.05) is 25.0 Å². The van der Waals surface area contributed by atoms with E-state index in [1.165, 1.54) is 5.69 Å². The monoisotopic (exact) mass is 288 g/mol. The summed E-state index contributed by atoms with van der Waals surface area (Å²) < 4.78 is 7.08. The molecule has 0 aliphatic carbocycles. The van der Waals surface area contributed by atoms with Gasteiger partial charge in [-0.05, 0) is 38.4 Å². The van der Waals surface area contributed by atoms with Crippen LogP contribution in [0.5, 0.6) is 0 Å². The van der Waals surface area contributed by atoms with Gasteiger partial charge in [-0.2, -0.15) is 0 Å². The minimum atomic E-state index is -0.0515. The highest BCUT2D eigenvalue weighted by atomic mass is 16.5. The van der Waals surface area contributed by atoms with E-state index >= 15 is 0 Å². The Morgan fingerprint density at radius 2 is 2.43 bits per heavy atom. The highest BCUT2D eigenvalue weighted by Gasteiger charge is 2.29. The summed E-state index contributed by atoms with van der Waals surface area (Å²) in [5.41, 5.74) is 1.26. The molecule has 3 rings (SSSR count). The molecule has 1 amide bonds. The van der Waals surface area contributed by atoms with E-state index in [2.05, 4.69) is 26.0 Å². The van der Waals surface area contributed by atoms with Gasteiger partial charge < -0.3 is 14.4 Å². The topological polar surface area (TPSA) is 63.3 Å². The number of hydrogen-bond acceptors (Lipinski definition) is 4. The molecule has 0 spiro atoms. The predicted molar refractivity (Wildman–Crippen MR) is 78.8 cm³/mol. The van der Waals surface area contributed by atoms with Gasteiger partial charge >= 0.3 is 0 Å². The van der Waals surface area contributed by atoms with E-state index < -0.39 is 0 Å². The second-order valence-electron chi connectivity index (χ2n) is 5.54. The largest absolute Gasteiger partial charge is 0.360 e. The number of aromatic nitrogens is 2. The molecule has 1 aliphatic heterocycles. The molecule has 0 bridgehead atoms. The Kier molecular flexibility index (Phi) is 3.79. The van der Waals surface area contributed by atoms with Gasteiger partial charge in [-0.15, -0.1) is 0 Å². The first-order chi connectivity index (χ1) is 10.1. The predicted octanol–water partition coefficient (Wildman–Crippen LogP) is 2.10. The number of amides is 1. The van der Waals surface area contributed by atoms with Gasteiger partial charge in [0.2, 0.25) is 5.91 Å². The number of nitrogens with one attached hydrogen (secondary N) is 1. The molecule has 6 nitrogen and oxygen atoms in total. The van der Waals surface area contributed by atoms with Gasteiger partial charge in [0.05, 0.1) is 12.6 Å². The van der Waals surface area contributed by atoms with Gasteiger partial charge in [-0.1, -0.05) is 5.16 Å². The summed E-state index contributed by atoms with van der Waals surface area (Å²) in [5.74, 6) is 1.12. The Morgan fingerprint density at radius 3 is 3.10 bits per heavy atom. The number of anilines is 1. The highest BCUT2D eigenvalue weighted by Crippen LogP contribution is 2.31. The lowest BCUT2D eigenvalue weighted by molar-refractivity contribution is -0.117. The third-order valence-electron chi connectivity index (χ3n) is 3.93. The van der Waals surface area contributed by atoms with E-state index in [0.717, 1.165) is 19.4 Å². The third kappa shape index (κ3) is 3.00. The van der Waals surface area contributed by atoms with Crippen LogP contribution in [0.1, 0.15) is 30.3 Å². The number of carbonyl (C=O) groups is 1. The normalized spacial score (nSPS) is 19.0. The molecule has 0 aromatic carbocycles. The van der Waals surface area contributed by atoms with E-state index in [9.17, 15) is 4.79 Å². The lowest BCUT2D eigenvalue weighted by atomic mass is 10.1. The number of carbonyl (C=O) groups excluding carboxylic acids is 1. The zero-order chi connectivity index (χ0) is 14.8.